The van der Waals surface area contributed by atoms with Gasteiger partial charge >= 0.3 is 0 Å². The van der Waals surface area contributed by atoms with Gasteiger partial charge in [0.2, 0.25) is 0 Å². The SMILES string of the molecule is COCC(C)NC(=O)c1ccc(OC)cc1. The van der Waals surface area contributed by atoms with Crippen molar-refractivity contribution in [1.82, 2.24) is 5.32 Å². The van der Waals surface area contributed by atoms with Crippen molar-refractivity contribution in [2.24, 2.45) is 0 Å². The zero-order valence-corrected chi connectivity index (χ0v) is 9.82. The van der Waals surface area contributed by atoms with Crippen molar-refractivity contribution in [3.05, 3.63) is 29.8 Å². The Labute approximate surface area is 95.6 Å². The Morgan fingerprint density at radius 2 is 1.94 bits per heavy atom. The summed E-state index contributed by atoms with van der Waals surface area (Å²) in [6.07, 6.45) is 0. The highest BCUT2D eigenvalue weighted by atomic mass is 16.5. The molecule has 4 nitrogen and oxygen atoms in total. The van der Waals surface area contributed by atoms with Crippen LogP contribution >= 0.6 is 0 Å². The predicted molar refractivity (Wildman–Crippen MR) is 61.8 cm³/mol. The monoisotopic (exact) mass is 223 g/mol. The Morgan fingerprint density at radius 3 is 2.44 bits per heavy atom. The van der Waals surface area contributed by atoms with E-state index in [0.29, 0.717) is 12.2 Å². The molecule has 0 fully saturated rings. The van der Waals surface area contributed by atoms with Crippen molar-refractivity contribution in [2.75, 3.05) is 20.8 Å². The number of rotatable bonds is 5. The minimum absolute atomic E-state index is 0.000369. The van der Waals surface area contributed by atoms with E-state index in [-0.39, 0.29) is 11.9 Å². The highest BCUT2D eigenvalue weighted by Gasteiger charge is 2.09. The van der Waals surface area contributed by atoms with E-state index in [1.54, 1.807) is 38.5 Å². The van der Waals surface area contributed by atoms with Gasteiger partial charge in [-0.3, -0.25) is 4.79 Å². The molecule has 0 saturated carbocycles. The second-order valence-corrected chi connectivity index (χ2v) is 3.56. The van der Waals surface area contributed by atoms with Crippen molar-refractivity contribution >= 4 is 5.91 Å². The zero-order chi connectivity index (χ0) is 12.0. The lowest BCUT2D eigenvalue weighted by Gasteiger charge is -2.12. The highest BCUT2D eigenvalue weighted by molar-refractivity contribution is 5.94. The summed E-state index contributed by atoms with van der Waals surface area (Å²) in [5, 5.41) is 2.83. The van der Waals surface area contributed by atoms with Crippen LogP contribution in [-0.2, 0) is 4.74 Å². The van der Waals surface area contributed by atoms with E-state index < -0.39 is 0 Å². The first kappa shape index (κ1) is 12.5. The molecule has 1 atom stereocenters. The number of nitrogens with one attached hydrogen (secondary N) is 1. The van der Waals surface area contributed by atoms with E-state index in [2.05, 4.69) is 5.32 Å². The number of hydrogen-bond acceptors (Lipinski definition) is 3. The predicted octanol–water partition coefficient (Wildman–Crippen LogP) is 1.46. The number of carbonyl (C=O) groups is 1. The van der Waals surface area contributed by atoms with Gasteiger partial charge in [-0.05, 0) is 31.2 Å². The Bertz CT molecular complexity index is 335. The van der Waals surface area contributed by atoms with E-state index in [9.17, 15) is 4.79 Å². The summed E-state index contributed by atoms with van der Waals surface area (Å²) < 4.78 is 9.96. The van der Waals surface area contributed by atoms with E-state index in [1.807, 2.05) is 6.92 Å². The van der Waals surface area contributed by atoms with Gasteiger partial charge in [-0.1, -0.05) is 0 Å². The fourth-order valence-corrected chi connectivity index (χ4v) is 1.34. The topological polar surface area (TPSA) is 47.6 Å². The van der Waals surface area contributed by atoms with Gasteiger partial charge in [0.05, 0.1) is 13.7 Å². The Morgan fingerprint density at radius 1 is 1.31 bits per heavy atom. The summed E-state index contributed by atoms with van der Waals surface area (Å²) in [6, 6.07) is 6.98. The van der Waals surface area contributed by atoms with Crippen LogP contribution in [0.2, 0.25) is 0 Å². The third-order valence-corrected chi connectivity index (χ3v) is 2.15. The number of amides is 1. The van der Waals surface area contributed by atoms with Crippen LogP contribution in [0.15, 0.2) is 24.3 Å². The lowest BCUT2D eigenvalue weighted by atomic mass is 10.2. The molecule has 1 N–H and O–H groups in total. The van der Waals surface area contributed by atoms with Crippen molar-refractivity contribution in [2.45, 2.75) is 13.0 Å². The largest absolute Gasteiger partial charge is 0.497 e. The Kier molecular flexibility index (Phi) is 4.79. The normalized spacial score (nSPS) is 11.9. The fraction of sp³-hybridized carbons (Fsp3) is 0.417. The van der Waals surface area contributed by atoms with E-state index in [0.717, 1.165) is 5.75 Å². The van der Waals surface area contributed by atoms with Gasteiger partial charge in [0.1, 0.15) is 5.75 Å². The first-order valence-corrected chi connectivity index (χ1v) is 5.11. The maximum atomic E-state index is 11.7. The van der Waals surface area contributed by atoms with Crippen LogP contribution in [0.4, 0.5) is 0 Å². The third kappa shape index (κ3) is 3.55. The summed E-state index contributed by atoms with van der Waals surface area (Å²) >= 11 is 0. The molecule has 1 rings (SSSR count). The molecule has 1 aromatic rings. The van der Waals surface area contributed by atoms with Gasteiger partial charge in [-0.15, -0.1) is 0 Å². The van der Waals surface area contributed by atoms with Gasteiger partial charge in [0.15, 0.2) is 0 Å². The zero-order valence-electron chi connectivity index (χ0n) is 9.82. The highest BCUT2D eigenvalue weighted by Crippen LogP contribution is 2.11. The third-order valence-electron chi connectivity index (χ3n) is 2.15. The summed E-state index contributed by atoms with van der Waals surface area (Å²) in [5.74, 6) is 0.633. The fourth-order valence-electron chi connectivity index (χ4n) is 1.34. The molecule has 0 saturated heterocycles. The lowest BCUT2D eigenvalue weighted by molar-refractivity contribution is 0.0905. The molecular formula is C12H17NO3. The molecule has 0 heterocycles. The smallest absolute Gasteiger partial charge is 0.251 e. The maximum Gasteiger partial charge on any atom is 0.251 e. The second kappa shape index (κ2) is 6.12. The number of ether oxygens (including phenoxy) is 2. The van der Waals surface area contributed by atoms with Gasteiger partial charge < -0.3 is 14.8 Å². The molecule has 0 bridgehead atoms. The average molecular weight is 223 g/mol. The molecule has 0 aliphatic carbocycles. The van der Waals surface area contributed by atoms with E-state index in [4.69, 9.17) is 9.47 Å². The van der Waals surface area contributed by atoms with Crippen LogP contribution in [0, 0.1) is 0 Å². The van der Waals surface area contributed by atoms with Crippen molar-refractivity contribution in [3.63, 3.8) is 0 Å². The second-order valence-electron chi connectivity index (χ2n) is 3.56. The van der Waals surface area contributed by atoms with Gasteiger partial charge in [-0.2, -0.15) is 0 Å². The Hall–Kier alpha value is -1.55. The summed E-state index contributed by atoms with van der Waals surface area (Å²) in [6.45, 7) is 2.40. The molecule has 0 spiro atoms. The van der Waals surface area contributed by atoms with Gasteiger partial charge in [0, 0.05) is 18.7 Å². The van der Waals surface area contributed by atoms with Crippen LogP contribution < -0.4 is 10.1 Å². The molecule has 16 heavy (non-hydrogen) atoms. The molecule has 0 aromatic heterocycles. The van der Waals surface area contributed by atoms with E-state index >= 15 is 0 Å². The van der Waals surface area contributed by atoms with Gasteiger partial charge in [-0.25, -0.2) is 0 Å². The molecule has 0 radical (unpaired) electrons. The van der Waals surface area contributed by atoms with Crippen LogP contribution in [-0.4, -0.2) is 32.8 Å². The maximum absolute atomic E-state index is 11.7. The molecule has 1 amide bonds. The number of benzene rings is 1. The molecule has 88 valence electrons. The average Bonchev–Trinajstić information content (AvgIpc) is 2.29. The first-order chi connectivity index (χ1) is 7.67. The molecule has 1 aromatic carbocycles. The summed E-state index contributed by atoms with van der Waals surface area (Å²) in [7, 11) is 3.20. The quantitative estimate of drug-likeness (QED) is 0.822. The molecular weight excluding hydrogens is 206 g/mol. The molecule has 0 aliphatic rings. The van der Waals surface area contributed by atoms with Crippen LogP contribution in [0.1, 0.15) is 17.3 Å². The van der Waals surface area contributed by atoms with Crippen LogP contribution in [0.25, 0.3) is 0 Å². The lowest BCUT2D eigenvalue weighted by Crippen LogP contribution is -2.35. The first-order valence-electron chi connectivity index (χ1n) is 5.11. The minimum atomic E-state index is -0.104. The summed E-state index contributed by atoms with van der Waals surface area (Å²) in [5.41, 5.74) is 0.615. The molecule has 1 unspecified atom stereocenters. The van der Waals surface area contributed by atoms with E-state index in [1.165, 1.54) is 0 Å². The number of methoxy groups -OCH3 is 2. The molecule has 4 heteroatoms. The number of hydrogen-bond donors (Lipinski definition) is 1. The van der Waals surface area contributed by atoms with Crippen molar-refractivity contribution < 1.29 is 14.3 Å². The van der Waals surface area contributed by atoms with Crippen LogP contribution in [0.3, 0.4) is 0 Å². The van der Waals surface area contributed by atoms with Crippen molar-refractivity contribution in [1.29, 1.82) is 0 Å². The summed E-state index contributed by atoms with van der Waals surface area (Å²) in [4.78, 5) is 11.7. The minimum Gasteiger partial charge on any atom is -0.497 e. The standard InChI is InChI=1S/C12H17NO3/c1-9(8-15-2)13-12(14)10-4-6-11(16-3)7-5-10/h4-7,9H,8H2,1-3H3,(H,13,14). The van der Waals surface area contributed by atoms with Crippen molar-refractivity contribution in [3.8, 4) is 5.75 Å². The van der Waals surface area contributed by atoms with Gasteiger partial charge in [0.25, 0.3) is 5.91 Å². The van der Waals surface area contributed by atoms with Crippen LogP contribution in [0.5, 0.6) is 5.75 Å². The molecule has 0 aliphatic heterocycles. The Balaban J connectivity index is 2.59. The number of carbonyl (C=O) groups excluding carboxylic acids is 1.